The molecule has 0 unspecified atom stereocenters. The lowest BCUT2D eigenvalue weighted by Crippen LogP contribution is -2.58. The molecule has 126 valence electrons. The number of urea groups is 1. The molecule has 2 aliphatic heterocycles. The standard InChI is InChI=1S/C18H27N3O2/c1-14(16-8-3-4-9-17(16)23-2)19-18(22)21-12-11-20-10-6-5-7-15(20)13-21/h3-4,8-9,14-15H,5-7,10-13H2,1-2H3,(H,19,22)/t14-,15-/m1/s1. The third kappa shape index (κ3) is 3.61. The molecule has 3 rings (SSSR count). The van der Waals surface area contributed by atoms with Crippen molar-refractivity contribution in [3.8, 4) is 5.75 Å². The number of amides is 2. The van der Waals surface area contributed by atoms with Crippen LogP contribution < -0.4 is 10.1 Å². The highest BCUT2D eigenvalue weighted by Crippen LogP contribution is 2.25. The summed E-state index contributed by atoms with van der Waals surface area (Å²) >= 11 is 0. The lowest BCUT2D eigenvalue weighted by molar-refractivity contribution is 0.0637. The van der Waals surface area contributed by atoms with Crippen LogP contribution in [0.2, 0.25) is 0 Å². The SMILES string of the molecule is COc1ccccc1[C@@H](C)NC(=O)N1CCN2CCCC[C@@H]2C1. The first kappa shape index (κ1) is 16.1. The predicted molar refractivity (Wildman–Crippen MR) is 90.7 cm³/mol. The molecule has 5 heteroatoms. The van der Waals surface area contributed by atoms with Crippen molar-refractivity contribution in [2.75, 3.05) is 33.3 Å². The second-order valence-electron chi connectivity index (χ2n) is 6.54. The number of nitrogens with zero attached hydrogens (tertiary/aromatic N) is 2. The van der Waals surface area contributed by atoms with Crippen LogP contribution in [0.15, 0.2) is 24.3 Å². The quantitative estimate of drug-likeness (QED) is 0.932. The van der Waals surface area contributed by atoms with Crippen LogP contribution in [0.25, 0.3) is 0 Å². The van der Waals surface area contributed by atoms with E-state index in [2.05, 4.69) is 10.2 Å². The number of para-hydroxylation sites is 1. The Balaban J connectivity index is 1.60. The fraction of sp³-hybridized carbons (Fsp3) is 0.611. The number of rotatable bonds is 3. The first-order valence-electron chi connectivity index (χ1n) is 8.61. The average Bonchev–Trinajstić information content (AvgIpc) is 2.61. The third-order valence-electron chi connectivity index (χ3n) is 5.07. The van der Waals surface area contributed by atoms with Gasteiger partial charge in [-0.05, 0) is 32.4 Å². The van der Waals surface area contributed by atoms with Gasteiger partial charge in [-0.25, -0.2) is 4.79 Å². The van der Waals surface area contributed by atoms with Crippen molar-refractivity contribution in [1.29, 1.82) is 0 Å². The van der Waals surface area contributed by atoms with E-state index in [0.717, 1.165) is 30.9 Å². The Bertz CT molecular complexity index is 549. The summed E-state index contributed by atoms with van der Waals surface area (Å²) in [5, 5.41) is 3.12. The van der Waals surface area contributed by atoms with Crippen molar-refractivity contribution >= 4 is 6.03 Å². The van der Waals surface area contributed by atoms with Gasteiger partial charge in [-0.1, -0.05) is 24.6 Å². The number of piperazine rings is 1. The number of methoxy groups -OCH3 is 1. The van der Waals surface area contributed by atoms with E-state index in [1.54, 1.807) is 7.11 Å². The van der Waals surface area contributed by atoms with Gasteiger partial charge in [-0.2, -0.15) is 0 Å². The molecule has 1 aromatic rings. The Labute approximate surface area is 138 Å². The van der Waals surface area contributed by atoms with Gasteiger partial charge in [-0.3, -0.25) is 4.90 Å². The molecule has 0 bridgehead atoms. The van der Waals surface area contributed by atoms with E-state index in [4.69, 9.17) is 4.74 Å². The van der Waals surface area contributed by atoms with Crippen LogP contribution in [-0.4, -0.2) is 55.2 Å². The second-order valence-corrected chi connectivity index (χ2v) is 6.54. The number of hydrogen-bond acceptors (Lipinski definition) is 3. The highest BCUT2D eigenvalue weighted by Gasteiger charge is 2.31. The summed E-state index contributed by atoms with van der Waals surface area (Å²) in [6, 6.07) is 8.36. The van der Waals surface area contributed by atoms with Gasteiger partial charge < -0.3 is 15.0 Å². The summed E-state index contributed by atoms with van der Waals surface area (Å²) in [5.74, 6) is 0.817. The van der Waals surface area contributed by atoms with E-state index >= 15 is 0 Å². The van der Waals surface area contributed by atoms with Gasteiger partial charge in [0, 0.05) is 31.2 Å². The van der Waals surface area contributed by atoms with E-state index < -0.39 is 0 Å². The van der Waals surface area contributed by atoms with Crippen molar-refractivity contribution in [1.82, 2.24) is 15.1 Å². The molecule has 2 amide bonds. The van der Waals surface area contributed by atoms with E-state index in [1.807, 2.05) is 36.1 Å². The Hall–Kier alpha value is -1.75. The van der Waals surface area contributed by atoms with E-state index in [9.17, 15) is 4.79 Å². The molecule has 2 heterocycles. The maximum atomic E-state index is 12.6. The summed E-state index contributed by atoms with van der Waals surface area (Å²) in [4.78, 5) is 17.1. The number of hydrogen-bond donors (Lipinski definition) is 1. The lowest BCUT2D eigenvalue weighted by Gasteiger charge is -2.44. The number of fused-ring (bicyclic) bond motifs is 1. The van der Waals surface area contributed by atoms with E-state index in [1.165, 1.54) is 25.8 Å². The molecule has 23 heavy (non-hydrogen) atoms. The molecule has 0 spiro atoms. The monoisotopic (exact) mass is 317 g/mol. The van der Waals surface area contributed by atoms with Crippen LogP contribution in [-0.2, 0) is 0 Å². The molecule has 2 aliphatic rings. The van der Waals surface area contributed by atoms with Crippen LogP contribution >= 0.6 is 0 Å². The molecule has 0 radical (unpaired) electrons. The number of carbonyl (C=O) groups is 1. The molecule has 2 saturated heterocycles. The Morgan fingerprint density at radius 3 is 2.91 bits per heavy atom. The molecule has 1 N–H and O–H groups in total. The minimum absolute atomic E-state index is 0.0358. The van der Waals surface area contributed by atoms with Crippen LogP contribution in [0, 0.1) is 0 Å². The van der Waals surface area contributed by atoms with Gasteiger partial charge in [-0.15, -0.1) is 0 Å². The van der Waals surface area contributed by atoms with Gasteiger partial charge >= 0.3 is 6.03 Å². The number of nitrogens with one attached hydrogen (secondary N) is 1. The molecular weight excluding hydrogens is 290 g/mol. The minimum atomic E-state index is -0.0666. The van der Waals surface area contributed by atoms with Crippen molar-refractivity contribution in [2.45, 2.75) is 38.3 Å². The van der Waals surface area contributed by atoms with Gasteiger partial charge in [0.1, 0.15) is 5.75 Å². The maximum Gasteiger partial charge on any atom is 0.317 e. The molecule has 2 atom stereocenters. The van der Waals surface area contributed by atoms with Crippen LogP contribution in [0.1, 0.15) is 37.8 Å². The molecule has 0 aliphatic carbocycles. The highest BCUT2D eigenvalue weighted by molar-refractivity contribution is 5.75. The fourth-order valence-electron chi connectivity index (χ4n) is 3.72. The number of ether oxygens (including phenoxy) is 1. The molecular formula is C18H27N3O2. The number of piperidine rings is 1. The average molecular weight is 317 g/mol. The Kier molecular flexibility index (Phi) is 5.06. The van der Waals surface area contributed by atoms with Gasteiger partial charge in [0.25, 0.3) is 0 Å². The van der Waals surface area contributed by atoms with Crippen molar-refractivity contribution in [3.63, 3.8) is 0 Å². The highest BCUT2D eigenvalue weighted by atomic mass is 16.5. The molecule has 0 saturated carbocycles. The van der Waals surface area contributed by atoms with Crippen LogP contribution in [0.5, 0.6) is 5.75 Å². The van der Waals surface area contributed by atoms with Crippen molar-refractivity contribution in [3.05, 3.63) is 29.8 Å². The summed E-state index contributed by atoms with van der Waals surface area (Å²) in [6.45, 7) is 5.87. The zero-order valence-electron chi connectivity index (χ0n) is 14.1. The first-order chi connectivity index (χ1) is 11.2. The third-order valence-corrected chi connectivity index (χ3v) is 5.07. The van der Waals surface area contributed by atoms with E-state index in [-0.39, 0.29) is 12.1 Å². The van der Waals surface area contributed by atoms with Gasteiger partial charge in [0.2, 0.25) is 0 Å². The summed E-state index contributed by atoms with van der Waals surface area (Å²) < 4.78 is 5.39. The van der Waals surface area contributed by atoms with E-state index in [0.29, 0.717) is 6.04 Å². The molecule has 2 fully saturated rings. The normalized spacial score (nSPS) is 23.0. The predicted octanol–water partition coefficient (Wildman–Crippen LogP) is 2.64. The van der Waals surface area contributed by atoms with Crippen molar-refractivity contribution < 1.29 is 9.53 Å². The summed E-state index contributed by atoms with van der Waals surface area (Å²) in [5.41, 5.74) is 1.01. The molecule has 0 aromatic heterocycles. The summed E-state index contributed by atoms with van der Waals surface area (Å²) in [6.07, 6.45) is 3.80. The number of carbonyl (C=O) groups excluding carboxylic acids is 1. The smallest absolute Gasteiger partial charge is 0.317 e. The largest absolute Gasteiger partial charge is 0.496 e. The minimum Gasteiger partial charge on any atom is -0.496 e. The summed E-state index contributed by atoms with van der Waals surface area (Å²) in [7, 11) is 1.66. The Morgan fingerprint density at radius 2 is 2.09 bits per heavy atom. The maximum absolute atomic E-state index is 12.6. The van der Waals surface area contributed by atoms with Crippen LogP contribution in [0.4, 0.5) is 4.79 Å². The first-order valence-corrected chi connectivity index (χ1v) is 8.61. The zero-order valence-corrected chi connectivity index (χ0v) is 14.1. The van der Waals surface area contributed by atoms with Gasteiger partial charge in [0.05, 0.1) is 13.2 Å². The lowest BCUT2D eigenvalue weighted by atomic mass is 10.00. The molecule has 1 aromatic carbocycles. The fourth-order valence-corrected chi connectivity index (χ4v) is 3.72. The van der Waals surface area contributed by atoms with Crippen molar-refractivity contribution in [2.24, 2.45) is 0 Å². The molecule has 5 nitrogen and oxygen atoms in total. The second kappa shape index (κ2) is 7.21. The van der Waals surface area contributed by atoms with Gasteiger partial charge in [0.15, 0.2) is 0 Å². The zero-order chi connectivity index (χ0) is 16.2. The van der Waals surface area contributed by atoms with Crippen LogP contribution in [0.3, 0.4) is 0 Å². The Morgan fingerprint density at radius 1 is 1.26 bits per heavy atom. The topological polar surface area (TPSA) is 44.8 Å². The number of benzene rings is 1.